The number of hydrogen-bond donors (Lipinski definition) is 1. The van der Waals surface area contributed by atoms with E-state index in [1.54, 1.807) is 14.0 Å². The van der Waals surface area contributed by atoms with Crippen molar-refractivity contribution in [3.63, 3.8) is 0 Å². The van der Waals surface area contributed by atoms with Crippen LogP contribution in [-0.2, 0) is 16.6 Å². The fraction of sp³-hybridized carbons (Fsp3) is 0.600. The fourth-order valence-corrected chi connectivity index (χ4v) is 4.47. The summed E-state index contributed by atoms with van der Waals surface area (Å²) in [4.78, 5) is 0.188. The summed E-state index contributed by atoms with van der Waals surface area (Å²) in [5.41, 5.74) is 0.748. The third-order valence-corrected chi connectivity index (χ3v) is 6.07. The van der Waals surface area contributed by atoms with Gasteiger partial charge in [0.15, 0.2) is 0 Å². The molecule has 0 saturated carbocycles. The number of sulfonamides is 1. The molecule has 2 atom stereocenters. The summed E-state index contributed by atoms with van der Waals surface area (Å²) in [7, 11) is -1.84. The van der Waals surface area contributed by atoms with Crippen LogP contribution in [-0.4, -0.2) is 32.9 Å². The fourth-order valence-electron chi connectivity index (χ4n) is 2.70. The molecule has 1 fully saturated rings. The first-order valence-corrected chi connectivity index (χ1v) is 8.65. The van der Waals surface area contributed by atoms with E-state index in [1.165, 1.54) is 16.4 Å². The second-order valence-electron chi connectivity index (χ2n) is 6.02. The van der Waals surface area contributed by atoms with Gasteiger partial charge in [-0.3, -0.25) is 0 Å². The van der Waals surface area contributed by atoms with Crippen LogP contribution in [0.2, 0.25) is 0 Å². The molecule has 0 aromatic heterocycles. The third kappa shape index (κ3) is 3.12. The van der Waals surface area contributed by atoms with E-state index < -0.39 is 10.0 Å². The first-order valence-electron chi connectivity index (χ1n) is 7.21. The van der Waals surface area contributed by atoms with Gasteiger partial charge in [-0.1, -0.05) is 13.8 Å². The van der Waals surface area contributed by atoms with E-state index in [-0.39, 0.29) is 10.7 Å². The number of nitrogens with zero attached hydrogens (tertiary/aromatic N) is 1. The number of benzene rings is 1. The number of hydrogen-bond acceptors (Lipinski definition) is 3. The van der Waals surface area contributed by atoms with Gasteiger partial charge >= 0.3 is 0 Å². The summed E-state index contributed by atoms with van der Waals surface area (Å²) in [5.74, 6) is 0.350. The lowest BCUT2D eigenvalue weighted by Crippen LogP contribution is -2.29. The van der Waals surface area contributed by atoms with Crippen molar-refractivity contribution < 1.29 is 12.8 Å². The summed E-state index contributed by atoms with van der Waals surface area (Å²) in [5, 5.41) is 2.87. The molecule has 1 aliphatic rings. The average molecular weight is 314 g/mol. The Balaban J connectivity index is 2.41. The summed E-state index contributed by atoms with van der Waals surface area (Å²) >= 11 is 0. The van der Waals surface area contributed by atoms with Crippen LogP contribution >= 0.6 is 0 Å². The van der Waals surface area contributed by atoms with Gasteiger partial charge in [0.25, 0.3) is 0 Å². The second kappa shape index (κ2) is 6.02. The molecule has 1 saturated heterocycles. The molecule has 118 valence electrons. The van der Waals surface area contributed by atoms with Crippen LogP contribution in [0.3, 0.4) is 0 Å². The largest absolute Gasteiger partial charge is 0.316 e. The Hall–Kier alpha value is -0.980. The maximum atomic E-state index is 14.0. The molecule has 1 heterocycles. The van der Waals surface area contributed by atoms with Crippen molar-refractivity contribution in [1.29, 1.82) is 0 Å². The van der Waals surface area contributed by atoms with Crippen molar-refractivity contribution in [2.75, 3.05) is 20.1 Å². The van der Waals surface area contributed by atoms with Gasteiger partial charge in [-0.2, -0.15) is 4.31 Å². The van der Waals surface area contributed by atoms with Crippen LogP contribution in [0, 0.1) is 24.6 Å². The van der Waals surface area contributed by atoms with Crippen molar-refractivity contribution in [2.45, 2.75) is 32.2 Å². The molecule has 21 heavy (non-hydrogen) atoms. The molecule has 2 rings (SSSR count). The predicted octanol–water partition coefficient (Wildman–Crippen LogP) is 2.13. The Morgan fingerprint density at radius 1 is 1.29 bits per heavy atom. The second-order valence-corrected chi connectivity index (χ2v) is 7.96. The zero-order valence-electron chi connectivity index (χ0n) is 13.0. The Bertz CT molecular complexity index is 621. The molecule has 0 radical (unpaired) electrons. The minimum absolute atomic E-state index is 0.188. The van der Waals surface area contributed by atoms with Crippen molar-refractivity contribution in [2.24, 2.45) is 11.8 Å². The zero-order chi connectivity index (χ0) is 15.8. The molecule has 1 aliphatic heterocycles. The molecule has 1 N–H and O–H groups in total. The van der Waals surface area contributed by atoms with E-state index in [0.29, 0.717) is 42.6 Å². The molecular weight excluding hydrogens is 291 g/mol. The topological polar surface area (TPSA) is 49.4 Å². The van der Waals surface area contributed by atoms with Gasteiger partial charge in [0, 0.05) is 25.2 Å². The lowest BCUT2D eigenvalue weighted by molar-refractivity contribution is 0.462. The quantitative estimate of drug-likeness (QED) is 0.926. The van der Waals surface area contributed by atoms with E-state index in [4.69, 9.17) is 0 Å². The van der Waals surface area contributed by atoms with Gasteiger partial charge in [0.05, 0.1) is 4.90 Å². The number of halogens is 1. The highest BCUT2D eigenvalue weighted by Crippen LogP contribution is 2.29. The van der Waals surface area contributed by atoms with Crippen LogP contribution in [0.25, 0.3) is 0 Å². The summed E-state index contributed by atoms with van der Waals surface area (Å²) in [6.07, 6.45) is 0. The Morgan fingerprint density at radius 3 is 2.38 bits per heavy atom. The van der Waals surface area contributed by atoms with Gasteiger partial charge < -0.3 is 5.32 Å². The summed E-state index contributed by atoms with van der Waals surface area (Å²) in [6, 6.07) is 2.87. The Kier molecular flexibility index (Phi) is 4.70. The molecule has 4 nitrogen and oxygen atoms in total. The van der Waals surface area contributed by atoms with E-state index in [0.717, 1.165) is 0 Å². The molecule has 0 spiro atoms. The highest BCUT2D eigenvalue weighted by molar-refractivity contribution is 7.89. The molecular formula is C15H23FN2O2S. The van der Waals surface area contributed by atoms with E-state index in [2.05, 4.69) is 19.2 Å². The van der Waals surface area contributed by atoms with Crippen LogP contribution in [0.1, 0.15) is 25.0 Å². The number of aryl methyl sites for hydroxylation is 1. The first kappa shape index (κ1) is 16.4. The maximum absolute atomic E-state index is 14.0. The number of rotatable bonds is 4. The van der Waals surface area contributed by atoms with E-state index in [9.17, 15) is 12.8 Å². The molecule has 1 aromatic carbocycles. The van der Waals surface area contributed by atoms with Gasteiger partial charge in [-0.05, 0) is 43.5 Å². The van der Waals surface area contributed by atoms with Gasteiger partial charge in [-0.25, -0.2) is 12.8 Å². The minimum atomic E-state index is -3.55. The van der Waals surface area contributed by atoms with Crippen LogP contribution < -0.4 is 5.32 Å². The molecule has 0 aliphatic carbocycles. The lowest BCUT2D eigenvalue weighted by atomic mass is 10.0. The molecule has 6 heteroatoms. The third-order valence-electron chi connectivity index (χ3n) is 4.26. The van der Waals surface area contributed by atoms with E-state index >= 15 is 0 Å². The van der Waals surface area contributed by atoms with Crippen molar-refractivity contribution in [3.05, 3.63) is 29.1 Å². The lowest BCUT2D eigenvalue weighted by Gasteiger charge is -2.18. The molecule has 2 unspecified atom stereocenters. The zero-order valence-corrected chi connectivity index (χ0v) is 13.8. The summed E-state index contributed by atoms with van der Waals surface area (Å²) in [6.45, 7) is 7.08. The van der Waals surface area contributed by atoms with Crippen LogP contribution in [0.4, 0.5) is 4.39 Å². The summed E-state index contributed by atoms with van der Waals surface area (Å²) < 4.78 is 41.0. The van der Waals surface area contributed by atoms with Crippen LogP contribution in [0.15, 0.2) is 17.0 Å². The predicted molar refractivity (Wildman–Crippen MR) is 81.0 cm³/mol. The molecule has 0 amide bonds. The minimum Gasteiger partial charge on any atom is -0.316 e. The van der Waals surface area contributed by atoms with Gasteiger partial charge in [0.2, 0.25) is 10.0 Å². The van der Waals surface area contributed by atoms with Gasteiger partial charge in [-0.15, -0.1) is 0 Å². The highest BCUT2D eigenvalue weighted by atomic mass is 32.2. The van der Waals surface area contributed by atoms with Crippen molar-refractivity contribution in [1.82, 2.24) is 9.62 Å². The molecule has 1 aromatic rings. The Labute approximate surface area is 126 Å². The SMILES string of the molecule is CNCc1cc(S(=O)(=O)N2CC(C)C(C)C2)cc(C)c1F. The van der Waals surface area contributed by atoms with Crippen LogP contribution in [0.5, 0.6) is 0 Å². The smallest absolute Gasteiger partial charge is 0.243 e. The van der Waals surface area contributed by atoms with Crippen molar-refractivity contribution in [3.8, 4) is 0 Å². The normalized spacial score (nSPS) is 23.7. The average Bonchev–Trinajstić information content (AvgIpc) is 2.75. The molecule has 0 bridgehead atoms. The van der Waals surface area contributed by atoms with E-state index in [1.807, 2.05) is 0 Å². The van der Waals surface area contributed by atoms with Crippen molar-refractivity contribution >= 4 is 10.0 Å². The van der Waals surface area contributed by atoms with Gasteiger partial charge in [0.1, 0.15) is 5.82 Å². The Morgan fingerprint density at radius 2 is 1.86 bits per heavy atom. The highest BCUT2D eigenvalue weighted by Gasteiger charge is 2.35. The standard InChI is InChI=1S/C15H23FN2O2S/c1-10-5-14(6-13(7-17-4)15(10)16)21(19,20)18-8-11(2)12(3)9-18/h5-6,11-12,17H,7-9H2,1-4H3. The first-order chi connectivity index (χ1) is 9.77. The maximum Gasteiger partial charge on any atom is 0.243 e. The monoisotopic (exact) mass is 314 g/mol. The number of nitrogens with one attached hydrogen (secondary N) is 1.